The molecular weight excluding hydrogens is 176 g/mol. The van der Waals surface area contributed by atoms with E-state index in [1.54, 1.807) is 0 Å². The Morgan fingerprint density at radius 3 is 2.43 bits per heavy atom. The van der Waals surface area contributed by atoms with E-state index < -0.39 is 5.60 Å². The first-order valence-corrected chi connectivity index (χ1v) is 4.96. The highest BCUT2D eigenvalue weighted by molar-refractivity contribution is 5.90. The van der Waals surface area contributed by atoms with Gasteiger partial charge in [-0.2, -0.15) is 0 Å². The van der Waals surface area contributed by atoms with Gasteiger partial charge < -0.3 is 5.11 Å². The molecule has 0 radical (unpaired) electrons. The minimum atomic E-state index is -1.20. The maximum Gasteiger partial charge on any atom is 0.168 e. The summed E-state index contributed by atoms with van der Waals surface area (Å²) in [5.41, 5.74) is 0.682. The summed E-state index contributed by atoms with van der Waals surface area (Å²) in [6.45, 7) is 1.99. The first-order valence-electron chi connectivity index (χ1n) is 4.96. The zero-order chi connectivity index (χ0) is 10.2. The summed E-state index contributed by atoms with van der Waals surface area (Å²) >= 11 is 0. The number of carbonyl (C=O) groups is 1. The van der Waals surface area contributed by atoms with Crippen molar-refractivity contribution >= 4 is 5.78 Å². The molecule has 0 amide bonds. The van der Waals surface area contributed by atoms with Crippen molar-refractivity contribution in [3.8, 4) is 0 Å². The molecule has 0 aromatic heterocycles. The highest BCUT2D eigenvalue weighted by atomic mass is 16.3. The maximum absolute atomic E-state index is 11.5. The Hall–Kier alpha value is -1.15. The Bertz CT molecular complexity index is 353. The van der Waals surface area contributed by atoms with Crippen LogP contribution in [-0.2, 0) is 10.4 Å². The second-order valence-electron chi connectivity index (χ2n) is 4.00. The highest BCUT2D eigenvalue weighted by Crippen LogP contribution is 2.35. The number of aryl methyl sites for hydroxylation is 1. The van der Waals surface area contributed by atoms with Gasteiger partial charge in [-0.3, -0.25) is 4.79 Å². The number of hydrogen-bond acceptors (Lipinski definition) is 2. The fourth-order valence-corrected chi connectivity index (χ4v) is 1.99. The van der Waals surface area contributed by atoms with Crippen LogP contribution in [0.2, 0.25) is 0 Å². The van der Waals surface area contributed by atoms with Crippen molar-refractivity contribution in [3.63, 3.8) is 0 Å². The van der Waals surface area contributed by atoms with Crippen LogP contribution in [0.25, 0.3) is 0 Å². The highest BCUT2D eigenvalue weighted by Gasteiger charge is 2.41. The number of hydrogen-bond donors (Lipinski definition) is 1. The van der Waals surface area contributed by atoms with Gasteiger partial charge in [-0.25, -0.2) is 0 Å². The van der Waals surface area contributed by atoms with Crippen LogP contribution in [0, 0.1) is 6.92 Å². The van der Waals surface area contributed by atoms with Gasteiger partial charge in [0.25, 0.3) is 0 Å². The van der Waals surface area contributed by atoms with Gasteiger partial charge in [0.2, 0.25) is 0 Å². The summed E-state index contributed by atoms with van der Waals surface area (Å²) in [5.74, 6) is -0.0404. The van der Waals surface area contributed by atoms with Gasteiger partial charge in [0, 0.05) is 6.42 Å². The molecule has 14 heavy (non-hydrogen) atoms. The van der Waals surface area contributed by atoms with E-state index in [0.29, 0.717) is 12.8 Å². The second-order valence-corrected chi connectivity index (χ2v) is 4.00. The predicted molar refractivity (Wildman–Crippen MR) is 53.9 cm³/mol. The van der Waals surface area contributed by atoms with Crippen LogP contribution in [0.4, 0.5) is 0 Å². The Balaban J connectivity index is 2.38. The van der Waals surface area contributed by atoms with Crippen LogP contribution in [-0.4, -0.2) is 10.9 Å². The van der Waals surface area contributed by atoms with E-state index in [2.05, 4.69) is 0 Å². The molecule has 0 bridgehead atoms. The van der Waals surface area contributed by atoms with Gasteiger partial charge >= 0.3 is 0 Å². The standard InChI is InChI=1S/C12H14O2/c1-9-4-6-10(7-5-9)12(14)8-2-3-11(12)13/h4-7,14H,2-3,8H2,1H3/t12-/m0/s1. The molecule has 1 aliphatic rings. The third kappa shape index (κ3) is 1.36. The molecule has 1 aromatic carbocycles. The first-order chi connectivity index (χ1) is 6.63. The lowest BCUT2D eigenvalue weighted by Crippen LogP contribution is -2.30. The van der Waals surface area contributed by atoms with Gasteiger partial charge in [-0.15, -0.1) is 0 Å². The Kier molecular flexibility index (Phi) is 2.16. The number of benzene rings is 1. The topological polar surface area (TPSA) is 37.3 Å². The summed E-state index contributed by atoms with van der Waals surface area (Å²) in [6, 6.07) is 7.55. The van der Waals surface area contributed by atoms with Gasteiger partial charge in [0.15, 0.2) is 5.78 Å². The summed E-state index contributed by atoms with van der Waals surface area (Å²) in [5, 5.41) is 10.2. The lowest BCUT2D eigenvalue weighted by molar-refractivity contribution is -0.134. The second kappa shape index (κ2) is 3.21. The third-order valence-electron chi connectivity index (χ3n) is 2.93. The summed E-state index contributed by atoms with van der Waals surface area (Å²) in [6.07, 6.45) is 1.86. The zero-order valence-electron chi connectivity index (χ0n) is 8.29. The maximum atomic E-state index is 11.5. The van der Waals surface area contributed by atoms with Crippen molar-refractivity contribution in [1.82, 2.24) is 0 Å². The third-order valence-corrected chi connectivity index (χ3v) is 2.93. The molecular formula is C12H14O2. The van der Waals surface area contributed by atoms with E-state index in [-0.39, 0.29) is 5.78 Å². The van der Waals surface area contributed by atoms with Crippen molar-refractivity contribution in [1.29, 1.82) is 0 Å². The normalized spacial score (nSPS) is 26.9. The molecule has 1 aromatic rings. The first kappa shape index (κ1) is 9.41. The Morgan fingerprint density at radius 1 is 1.29 bits per heavy atom. The molecule has 2 nitrogen and oxygen atoms in total. The van der Waals surface area contributed by atoms with Crippen LogP contribution in [0.3, 0.4) is 0 Å². The fraction of sp³-hybridized carbons (Fsp3) is 0.417. The molecule has 2 rings (SSSR count). The molecule has 0 heterocycles. The van der Waals surface area contributed by atoms with Crippen LogP contribution in [0.1, 0.15) is 30.4 Å². The molecule has 1 aliphatic carbocycles. The van der Waals surface area contributed by atoms with Crippen molar-refractivity contribution in [2.24, 2.45) is 0 Å². The van der Waals surface area contributed by atoms with E-state index in [4.69, 9.17) is 0 Å². The lowest BCUT2D eigenvalue weighted by Gasteiger charge is -2.20. The van der Waals surface area contributed by atoms with Crippen LogP contribution >= 0.6 is 0 Å². The SMILES string of the molecule is Cc1ccc([C@@]2(O)CCCC2=O)cc1. The van der Waals surface area contributed by atoms with Crippen molar-refractivity contribution in [3.05, 3.63) is 35.4 Å². The molecule has 2 heteroatoms. The van der Waals surface area contributed by atoms with Crippen LogP contribution in [0.5, 0.6) is 0 Å². The van der Waals surface area contributed by atoms with E-state index in [9.17, 15) is 9.90 Å². The number of ketones is 1. The van der Waals surface area contributed by atoms with E-state index in [1.807, 2.05) is 31.2 Å². The number of Topliss-reactive ketones (excluding diaryl/α,β-unsaturated/α-hetero) is 1. The Morgan fingerprint density at radius 2 is 1.93 bits per heavy atom. The number of carbonyl (C=O) groups excluding carboxylic acids is 1. The van der Waals surface area contributed by atoms with E-state index >= 15 is 0 Å². The average Bonchev–Trinajstić information content (AvgIpc) is 2.49. The van der Waals surface area contributed by atoms with Crippen molar-refractivity contribution in [2.75, 3.05) is 0 Å². The number of aliphatic hydroxyl groups is 1. The summed E-state index contributed by atoms with van der Waals surface area (Å²) in [7, 11) is 0. The van der Waals surface area contributed by atoms with Crippen LogP contribution in [0.15, 0.2) is 24.3 Å². The molecule has 1 fully saturated rings. The van der Waals surface area contributed by atoms with Crippen molar-refractivity contribution < 1.29 is 9.90 Å². The molecule has 0 aliphatic heterocycles. The lowest BCUT2D eigenvalue weighted by atomic mass is 9.91. The van der Waals surface area contributed by atoms with Crippen LogP contribution < -0.4 is 0 Å². The number of rotatable bonds is 1. The monoisotopic (exact) mass is 190 g/mol. The van der Waals surface area contributed by atoms with E-state index in [0.717, 1.165) is 17.5 Å². The quantitative estimate of drug-likeness (QED) is 0.734. The molecule has 0 spiro atoms. The minimum absolute atomic E-state index is 0.0404. The molecule has 1 N–H and O–H groups in total. The summed E-state index contributed by atoms with van der Waals surface area (Å²) < 4.78 is 0. The minimum Gasteiger partial charge on any atom is -0.377 e. The van der Waals surface area contributed by atoms with Crippen molar-refractivity contribution in [2.45, 2.75) is 31.8 Å². The zero-order valence-corrected chi connectivity index (χ0v) is 8.29. The molecule has 1 atom stereocenters. The van der Waals surface area contributed by atoms with Gasteiger partial charge in [0.05, 0.1) is 0 Å². The molecule has 0 saturated heterocycles. The molecule has 1 saturated carbocycles. The molecule has 0 unspecified atom stereocenters. The van der Waals surface area contributed by atoms with Gasteiger partial charge in [-0.05, 0) is 25.3 Å². The van der Waals surface area contributed by atoms with Gasteiger partial charge in [-0.1, -0.05) is 29.8 Å². The van der Waals surface area contributed by atoms with E-state index in [1.165, 1.54) is 0 Å². The largest absolute Gasteiger partial charge is 0.377 e. The fourth-order valence-electron chi connectivity index (χ4n) is 1.99. The molecule has 74 valence electrons. The Labute approximate surface area is 83.6 Å². The summed E-state index contributed by atoms with van der Waals surface area (Å²) in [4.78, 5) is 11.5. The smallest absolute Gasteiger partial charge is 0.168 e. The average molecular weight is 190 g/mol. The van der Waals surface area contributed by atoms with Gasteiger partial charge in [0.1, 0.15) is 5.60 Å². The predicted octanol–water partition coefficient (Wildman–Crippen LogP) is 1.94.